The topological polar surface area (TPSA) is 75.0 Å². The van der Waals surface area contributed by atoms with Crippen LogP contribution in [0.15, 0.2) is 22.8 Å². The first kappa shape index (κ1) is 17.5. The molecule has 3 aliphatic rings. The number of ether oxygens (including phenoxy) is 1. The normalized spacial score (nSPS) is 26.0. The zero-order valence-electron chi connectivity index (χ0n) is 15.3. The summed E-state index contributed by atoms with van der Waals surface area (Å²) in [6, 6.07) is 3.64. The van der Waals surface area contributed by atoms with Crippen LogP contribution in [0.1, 0.15) is 31.4 Å². The van der Waals surface area contributed by atoms with E-state index in [0.29, 0.717) is 19.0 Å². The lowest BCUT2D eigenvalue weighted by Gasteiger charge is -2.48. The third kappa shape index (κ3) is 3.78. The molecule has 2 aliphatic heterocycles. The minimum atomic E-state index is -0.491. The van der Waals surface area contributed by atoms with Crippen molar-refractivity contribution >= 4 is 11.8 Å². The Morgan fingerprint density at radius 2 is 2.08 bits per heavy atom. The fourth-order valence-electron chi connectivity index (χ4n) is 4.05. The molecule has 0 unspecified atom stereocenters. The van der Waals surface area contributed by atoms with Crippen LogP contribution in [0.4, 0.5) is 0 Å². The van der Waals surface area contributed by atoms with Crippen molar-refractivity contribution in [1.82, 2.24) is 15.1 Å². The standard InChI is InChI=1S/C19H27N3O4/c1-21-12-16(17(23)20-11-15-3-2-10-25-15)26-19(13-21)6-8-22(9-7-19)18(24)14-4-5-14/h2-3,10,14,16H,4-9,11-13H2,1H3,(H,20,23)/t16-/m1/s1. The number of piperidine rings is 1. The van der Waals surface area contributed by atoms with Gasteiger partial charge in [-0.2, -0.15) is 0 Å². The number of hydrogen-bond donors (Lipinski definition) is 1. The molecule has 142 valence electrons. The van der Waals surface area contributed by atoms with E-state index < -0.39 is 6.10 Å². The molecule has 1 saturated carbocycles. The second-order valence-corrected chi connectivity index (χ2v) is 7.88. The number of likely N-dealkylation sites (N-methyl/N-ethyl adjacent to an activating group) is 1. The molecule has 1 spiro atoms. The quantitative estimate of drug-likeness (QED) is 0.866. The number of rotatable bonds is 4. The summed E-state index contributed by atoms with van der Waals surface area (Å²) in [6.07, 6.45) is 4.76. The highest BCUT2D eigenvalue weighted by atomic mass is 16.5. The molecule has 1 N–H and O–H groups in total. The van der Waals surface area contributed by atoms with Gasteiger partial charge in [0.15, 0.2) is 0 Å². The van der Waals surface area contributed by atoms with Gasteiger partial charge in [-0.15, -0.1) is 0 Å². The van der Waals surface area contributed by atoms with Gasteiger partial charge >= 0.3 is 0 Å². The molecular weight excluding hydrogens is 334 g/mol. The Kier molecular flexibility index (Phi) is 4.75. The van der Waals surface area contributed by atoms with E-state index in [4.69, 9.17) is 9.15 Å². The largest absolute Gasteiger partial charge is 0.467 e. The predicted octanol–water partition coefficient (Wildman–Crippen LogP) is 0.998. The van der Waals surface area contributed by atoms with E-state index in [0.717, 1.165) is 51.1 Å². The lowest BCUT2D eigenvalue weighted by atomic mass is 9.88. The van der Waals surface area contributed by atoms with E-state index in [1.54, 1.807) is 12.3 Å². The molecule has 3 heterocycles. The van der Waals surface area contributed by atoms with Crippen molar-refractivity contribution in [3.05, 3.63) is 24.2 Å². The maximum atomic E-state index is 12.6. The number of nitrogens with one attached hydrogen (secondary N) is 1. The van der Waals surface area contributed by atoms with E-state index in [9.17, 15) is 9.59 Å². The Hall–Kier alpha value is -1.86. The van der Waals surface area contributed by atoms with Gasteiger partial charge in [-0.1, -0.05) is 0 Å². The summed E-state index contributed by atoms with van der Waals surface area (Å²) in [4.78, 5) is 29.0. The van der Waals surface area contributed by atoms with Crippen molar-refractivity contribution < 1.29 is 18.7 Å². The summed E-state index contributed by atoms with van der Waals surface area (Å²) in [5, 5.41) is 2.90. The average Bonchev–Trinajstić information content (AvgIpc) is 3.35. The first-order valence-electron chi connectivity index (χ1n) is 9.50. The van der Waals surface area contributed by atoms with Gasteiger partial charge in [0.05, 0.1) is 18.4 Å². The molecular formula is C19H27N3O4. The molecule has 1 atom stereocenters. The van der Waals surface area contributed by atoms with E-state index in [2.05, 4.69) is 10.2 Å². The van der Waals surface area contributed by atoms with Crippen molar-refractivity contribution in [2.75, 3.05) is 33.2 Å². The predicted molar refractivity (Wildman–Crippen MR) is 94.2 cm³/mol. The lowest BCUT2D eigenvalue weighted by Crippen LogP contribution is -2.61. The number of amides is 2. The maximum Gasteiger partial charge on any atom is 0.250 e. The van der Waals surface area contributed by atoms with Crippen LogP contribution in [0.25, 0.3) is 0 Å². The number of hydrogen-bond acceptors (Lipinski definition) is 5. The van der Waals surface area contributed by atoms with Gasteiger partial charge in [-0.3, -0.25) is 9.59 Å². The number of furan rings is 1. The molecule has 1 aromatic heterocycles. The molecule has 2 saturated heterocycles. The monoisotopic (exact) mass is 361 g/mol. The third-order valence-corrected chi connectivity index (χ3v) is 5.65. The molecule has 0 bridgehead atoms. The Bertz CT molecular complexity index is 648. The van der Waals surface area contributed by atoms with Crippen LogP contribution < -0.4 is 5.32 Å². The van der Waals surface area contributed by atoms with Gasteiger partial charge in [0, 0.05) is 32.1 Å². The van der Waals surface area contributed by atoms with Crippen LogP contribution in [0.3, 0.4) is 0 Å². The fourth-order valence-corrected chi connectivity index (χ4v) is 4.05. The van der Waals surface area contributed by atoms with Crippen LogP contribution in [0.2, 0.25) is 0 Å². The Labute approximate surface area is 153 Å². The summed E-state index contributed by atoms with van der Waals surface area (Å²) >= 11 is 0. The molecule has 0 radical (unpaired) electrons. The third-order valence-electron chi connectivity index (χ3n) is 5.65. The summed E-state index contributed by atoms with van der Waals surface area (Å²) < 4.78 is 11.6. The highest BCUT2D eigenvalue weighted by Gasteiger charge is 2.45. The molecule has 2 amide bonds. The van der Waals surface area contributed by atoms with Crippen molar-refractivity contribution in [2.45, 2.75) is 43.9 Å². The molecule has 26 heavy (non-hydrogen) atoms. The van der Waals surface area contributed by atoms with E-state index in [1.807, 2.05) is 18.0 Å². The average molecular weight is 361 g/mol. The van der Waals surface area contributed by atoms with Crippen LogP contribution in [-0.4, -0.2) is 66.5 Å². The molecule has 3 fully saturated rings. The zero-order chi connectivity index (χ0) is 18.1. The number of nitrogens with zero attached hydrogens (tertiary/aromatic N) is 2. The van der Waals surface area contributed by atoms with Crippen LogP contribution in [0, 0.1) is 5.92 Å². The summed E-state index contributed by atoms with van der Waals surface area (Å²) in [7, 11) is 2.03. The van der Waals surface area contributed by atoms with Crippen LogP contribution >= 0.6 is 0 Å². The van der Waals surface area contributed by atoms with Crippen molar-refractivity contribution in [3.63, 3.8) is 0 Å². The summed E-state index contributed by atoms with van der Waals surface area (Å²) in [5.74, 6) is 1.18. The number of morpholine rings is 1. The second-order valence-electron chi connectivity index (χ2n) is 7.88. The molecule has 4 rings (SSSR count). The Balaban J connectivity index is 1.34. The van der Waals surface area contributed by atoms with Gasteiger partial charge in [0.2, 0.25) is 5.91 Å². The van der Waals surface area contributed by atoms with Crippen molar-refractivity contribution in [2.24, 2.45) is 5.92 Å². The highest BCUT2D eigenvalue weighted by molar-refractivity contribution is 5.81. The number of likely N-dealkylation sites (tertiary alicyclic amines) is 1. The van der Waals surface area contributed by atoms with E-state index in [-0.39, 0.29) is 17.4 Å². The SMILES string of the molecule is CN1C[C@H](C(=O)NCc2ccco2)OC2(CCN(C(=O)C3CC3)CC2)C1. The first-order valence-corrected chi connectivity index (χ1v) is 9.50. The zero-order valence-corrected chi connectivity index (χ0v) is 15.3. The second kappa shape index (κ2) is 7.04. The summed E-state index contributed by atoms with van der Waals surface area (Å²) in [5.41, 5.74) is -0.333. The first-order chi connectivity index (χ1) is 12.5. The van der Waals surface area contributed by atoms with Crippen molar-refractivity contribution in [1.29, 1.82) is 0 Å². The minimum absolute atomic E-state index is 0.108. The lowest BCUT2D eigenvalue weighted by molar-refractivity contribution is -0.183. The van der Waals surface area contributed by atoms with Gasteiger partial charge in [-0.25, -0.2) is 0 Å². The molecule has 0 aromatic carbocycles. The maximum absolute atomic E-state index is 12.6. The van der Waals surface area contributed by atoms with Gasteiger partial charge in [0.25, 0.3) is 5.91 Å². The molecule has 7 nitrogen and oxygen atoms in total. The summed E-state index contributed by atoms with van der Waals surface area (Å²) in [6.45, 7) is 3.21. The van der Waals surface area contributed by atoms with Gasteiger partial charge in [0.1, 0.15) is 11.9 Å². The fraction of sp³-hybridized carbons (Fsp3) is 0.684. The van der Waals surface area contributed by atoms with E-state index >= 15 is 0 Å². The van der Waals surface area contributed by atoms with Crippen LogP contribution in [0.5, 0.6) is 0 Å². The Morgan fingerprint density at radius 3 is 2.73 bits per heavy atom. The molecule has 7 heteroatoms. The number of carbonyl (C=O) groups is 2. The number of carbonyl (C=O) groups excluding carboxylic acids is 2. The molecule has 1 aliphatic carbocycles. The van der Waals surface area contributed by atoms with Gasteiger partial charge < -0.3 is 24.3 Å². The minimum Gasteiger partial charge on any atom is -0.467 e. The van der Waals surface area contributed by atoms with Crippen molar-refractivity contribution in [3.8, 4) is 0 Å². The Morgan fingerprint density at radius 1 is 1.31 bits per heavy atom. The molecule has 1 aromatic rings. The highest BCUT2D eigenvalue weighted by Crippen LogP contribution is 2.36. The van der Waals surface area contributed by atoms with Gasteiger partial charge in [-0.05, 0) is 44.9 Å². The van der Waals surface area contributed by atoms with E-state index in [1.165, 1.54) is 0 Å². The smallest absolute Gasteiger partial charge is 0.250 e. The van der Waals surface area contributed by atoms with Crippen LogP contribution in [-0.2, 0) is 20.9 Å².